The van der Waals surface area contributed by atoms with Crippen LogP contribution in [0.5, 0.6) is 0 Å². The number of aromatic nitrogens is 4. The number of benzene rings is 4. The van der Waals surface area contributed by atoms with Crippen LogP contribution >= 0.6 is 23.2 Å². The van der Waals surface area contributed by atoms with E-state index >= 15 is 0 Å². The van der Waals surface area contributed by atoms with Crippen molar-refractivity contribution in [2.75, 3.05) is 0 Å². The standard InChI is InChI=1S/C68H76Cl2N4/c1-63(2,3)42-30-39(31-43(36-42)64(4,5)6)58-50-22-24-52(71-50)59(40-32-44(65(7,8)9)37-45(33-40)66(10,11)12)54-26-28-56(73-54)62(61-48(69)20-19-21-49(61)70)57-29-27-55(74-57)60(53-25-23-51(58)72-53)41-34-46(67(13,14)15)38-47(35-41)68(16,17)18/h19-38,71,74H,1-18H3. The summed E-state index contributed by atoms with van der Waals surface area (Å²) in [5.41, 5.74) is 21.8. The Hall–Kier alpha value is -5.94. The molecule has 2 aliphatic rings. The van der Waals surface area contributed by atoms with Crippen LogP contribution in [0.15, 0.2) is 97.1 Å². The lowest BCUT2D eigenvalue weighted by Gasteiger charge is -2.26. The average molecular weight is 1020 g/mol. The lowest BCUT2D eigenvalue weighted by Crippen LogP contribution is -2.16. The molecule has 0 saturated carbocycles. The van der Waals surface area contributed by atoms with Crippen molar-refractivity contribution in [2.24, 2.45) is 0 Å². The lowest BCUT2D eigenvalue weighted by atomic mass is 9.78. The Kier molecular flexibility index (Phi) is 13.2. The molecule has 7 aromatic rings. The van der Waals surface area contributed by atoms with Crippen LogP contribution in [0, 0.1) is 0 Å². The number of aromatic amines is 2. The van der Waals surface area contributed by atoms with Crippen LogP contribution < -0.4 is 0 Å². The first-order chi connectivity index (χ1) is 34.3. The second-order valence-electron chi connectivity index (χ2n) is 27.0. The van der Waals surface area contributed by atoms with E-state index in [4.69, 9.17) is 33.2 Å². The lowest BCUT2D eigenvalue weighted by molar-refractivity contribution is 0.568. The molecular weight excluding hydrogens is 944 g/mol. The van der Waals surface area contributed by atoms with Gasteiger partial charge in [0.05, 0.1) is 32.8 Å². The van der Waals surface area contributed by atoms with Crippen molar-refractivity contribution in [2.45, 2.75) is 157 Å². The monoisotopic (exact) mass is 1020 g/mol. The smallest absolute Gasteiger partial charge is 0.0738 e. The van der Waals surface area contributed by atoms with Crippen molar-refractivity contribution < 1.29 is 0 Å². The van der Waals surface area contributed by atoms with Crippen LogP contribution in [-0.4, -0.2) is 19.9 Å². The van der Waals surface area contributed by atoms with Gasteiger partial charge in [0.2, 0.25) is 0 Å². The summed E-state index contributed by atoms with van der Waals surface area (Å²) in [6.07, 6.45) is 8.69. The Balaban J connectivity index is 1.54. The first-order valence-corrected chi connectivity index (χ1v) is 27.1. The van der Waals surface area contributed by atoms with Gasteiger partial charge in [-0.2, -0.15) is 0 Å². The fourth-order valence-corrected chi connectivity index (χ4v) is 10.6. The predicted molar refractivity (Wildman–Crippen MR) is 323 cm³/mol. The highest BCUT2D eigenvalue weighted by atomic mass is 35.5. The molecule has 0 fully saturated rings. The molecule has 0 atom stereocenters. The van der Waals surface area contributed by atoms with E-state index in [0.717, 1.165) is 89.4 Å². The number of hydrogen-bond acceptors (Lipinski definition) is 2. The third-order valence-corrected chi connectivity index (χ3v) is 15.5. The van der Waals surface area contributed by atoms with E-state index in [0.29, 0.717) is 10.0 Å². The zero-order valence-corrected chi connectivity index (χ0v) is 48.7. The summed E-state index contributed by atoms with van der Waals surface area (Å²) in [5, 5.41) is 1.09. The number of fused-ring (bicyclic) bond motifs is 8. The molecule has 4 nitrogen and oxygen atoms in total. The molecular formula is C68H76Cl2N4. The number of hydrogen-bond donors (Lipinski definition) is 2. The maximum atomic E-state index is 7.24. The van der Waals surface area contributed by atoms with Gasteiger partial charge in [-0.15, -0.1) is 0 Å². The van der Waals surface area contributed by atoms with Gasteiger partial charge in [0.25, 0.3) is 0 Å². The first-order valence-electron chi connectivity index (χ1n) is 26.4. The molecule has 2 N–H and O–H groups in total. The zero-order chi connectivity index (χ0) is 53.8. The van der Waals surface area contributed by atoms with Gasteiger partial charge in [-0.1, -0.05) is 208 Å². The van der Waals surface area contributed by atoms with Gasteiger partial charge >= 0.3 is 0 Å². The predicted octanol–water partition coefficient (Wildman–Crippen LogP) is 20.4. The average Bonchev–Trinajstić information content (AvgIpc) is 4.13. The van der Waals surface area contributed by atoms with Gasteiger partial charge in [0, 0.05) is 49.9 Å². The number of rotatable bonds is 4. The number of nitrogens with zero attached hydrogens (tertiary/aromatic N) is 2. The molecule has 4 aromatic carbocycles. The second-order valence-corrected chi connectivity index (χ2v) is 27.8. The molecule has 0 radical (unpaired) electrons. The van der Waals surface area contributed by atoms with Crippen molar-refractivity contribution >= 4 is 69.6 Å². The van der Waals surface area contributed by atoms with E-state index in [1.807, 2.05) is 18.2 Å². The molecule has 0 saturated heterocycles. The van der Waals surface area contributed by atoms with Crippen LogP contribution in [0.1, 0.15) is 181 Å². The molecule has 8 bridgehead atoms. The van der Waals surface area contributed by atoms with Gasteiger partial charge in [0.15, 0.2) is 0 Å². The van der Waals surface area contributed by atoms with Gasteiger partial charge in [-0.3, -0.25) is 0 Å². The normalized spacial score (nSPS) is 13.6. The molecule has 0 aliphatic carbocycles. The molecule has 382 valence electrons. The highest BCUT2D eigenvalue weighted by Crippen LogP contribution is 2.45. The molecule has 0 spiro atoms. The molecule has 0 amide bonds. The minimum Gasteiger partial charge on any atom is -0.354 e. The zero-order valence-electron chi connectivity index (χ0n) is 47.2. The summed E-state index contributed by atoms with van der Waals surface area (Å²) >= 11 is 14.5. The molecule has 74 heavy (non-hydrogen) atoms. The van der Waals surface area contributed by atoms with Crippen LogP contribution in [0.25, 0.3) is 90.9 Å². The van der Waals surface area contributed by atoms with Crippen LogP contribution in [0.3, 0.4) is 0 Å². The molecule has 6 heteroatoms. The fraction of sp³-hybridized carbons (Fsp3) is 0.353. The fourth-order valence-electron chi connectivity index (χ4n) is 10.0. The maximum absolute atomic E-state index is 7.24. The van der Waals surface area contributed by atoms with Crippen LogP contribution in [0.4, 0.5) is 0 Å². The largest absolute Gasteiger partial charge is 0.354 e. The molecule has 0 unspecified atom stereocenters. The van der Waals surface area contributed by atoms with E-state index in [9.17, 15) is 0 Å². The Morgan fingerprint density at radius 1 is 0.297 bits per heavy atom. The van der Waals surface area contributed by atoms with Crippen molar-refractivity contribution in [3.8, 4) is 44.5 Å². The molecule has 3 aromatic heterocycles. The van der Waals surface area contributed by atoms with E-state index in [-0.39, 0.29) is 32.5 Å². The summed E-state index contributed by atoms with van der Waals surface area (Å²) in [6, 6.07) is 35.9. The summed E-state index contributed by atoms with van der Waals surface area (Å²) in [6.45, 7) is 41.3. The second kappa shape index (κ2) is 18.4. The number of halogens is 2. The third kappa shape index (κ3) is 10.4. The van der Waals surface area contributed by atoms with Crippen molar-refractivity contribution in [3.63, 3.8) is 0 Å². The van der Waals surface area contributed by atoms with Crippen molar-refractivity contribution in [1.29, 1.82) is 0 Å². The highest BCUT2D eigenvalue weighted by Gasteiger charge is 2.28. The van der Waals surface area contributed by atoms with Gasteiger partial charge in [-0.05, 0) is 143 Å². The summed E-state index contributed by atoms with van der Waals surface area (Å²) in [5.74, 6) is 0. The van der Waals surface area contributed by atoms with Gasteiger partial charge in [0.1, 0.15) is 0 Å². The van der Waals surface area contributed by atoms with Crippen LogP contribution in [-0.2, 0) is 32.5 Å². The Labute approximate surface area is 451 Å². The Morgan fingerprint density at radius 3 is 0.770 bits per heavy atom. The molecule has 2 aliphatic heterocycles. The third-order valence-electron chi connectivity index (χ3n) is 14.8. The topological polar surface area (TPSA) is 57.4 Å². The highest BCUT2D eigenvalue weighted by molar-refractivity contribution is 6.39. The van der Waals surface area contributed by atoms with Gasteiger partial charge in [-0.25, -0.2) is 9.97 Å². The SMILES string of the molecule is CC(C)(C)c1cc(-c2c3nc(c(-c4cc(C(C)(C)C)cc(C(C)(C)C)c4)c4ccc([nH]4)c(-c4c(Cl)cccc4Cl)c4nc(c(-c5cc(C(C)(C)C)cc(C(C)(C)C)c5)c5ccc2[nH]5)C=C4)C=C3)cc(C(C)(C)C)c1. The van der Waals surface area contributed by atoms with Crippen LogP contribution in [0.2, 0.25) is 10.0 Å². The quantitative estimate of drug-likeness (QED) is 0.185. The number of nitrogens with one attached hydrogen (secondary N) is 2. The Morgan fingerprint density at radius 2 is 0.527 bits per heavy atom. The Bertz CT molecular complexity index is 3430. The van der Waals surface area contributed by atoms with E-state index < -0.39 is 0 Å². The maximum Gasteiger partial charge on any atom is 0.0738 e. The molecule has 5 heterocycles. The summed E-state index contributed by atoms with van der Waals surface area (Å²) in [7, 11) is 0. The van der Waals surface area contributed by atoms with E-state index in [2.05, 4.69) is 238 Å². The first kappa shape index (κ1) is 52.9. The molecule has 9 rings (SSSR count). The number of H-pyrrole nitrogens is 2. The van der Waals surface area contributed by atoms with Gasteiger partial charge < -0.3 is 9.97 Å². The van der Waals surface area contributed by atoms with Crippen molar-refractivity contribution in [1.82, 2.24) is 19.9 Å². The minimum absolute atomic E-state index is 0.107. The minimum atomic E-state index is -0.114. The van der Waals surface area contributed by atoms with E-state index in [1.165, 1.54) is 33.4 Å². The summed E-state index contributed by atoms with van der Waals surface area (Å²) in [4.78, 5) is 19.4. The van der Waals surface area contributed by atoms with Crippen molar-refractivity contribution in [3.05, 3.63) is 163 Å². The van der Waals surface area contributed by atoms with E-state index in [1.54, 1.807) is 0 Å². The summed E-state index contributed by atoms with van der Waals surface area (Å²) < 4.78 is 0.